The number of thiol groups is 1. The number of hydrogen-bond acceptors (Lipinski definition) is 5. The molecule has 4 nitrogen and oxygen atoms in total. The van der Waals surface area contributed by atoms with Crippen LogP contribution in [0.2, 0.25) is 0 Å². The topological polar surface area (TPSA) is 81.7 Å². The fourth-order valence-electron chi connectivity index (χ4n) is 2.44. The number of hydrogen-bond donors (Lipinski definition) is 1. The van der Waals surface area contributed by atoms with Gasteiger partial charge in [0.05, 0.1) is 11.1 Å². The van der Waals surface area contributed by atoms with E-state index in [4.69, 9.17) is 10.5 Å². The van der Waals surface area contributed by atoms with E-state index in [-0.39, 0.29) is 38.7 Å². The molecule has 0 aliphatic heterocycles. The molecule has 0 saturated carbocycles. The second kappa shape index (κ2) is 4.59. The minimum Gasteiger partial charge on any atom is -0.289 e. The second-order valence-electron chi connectivity index (χ2n) is 4.50. The van der Waals surface area contributed by atoms with Gasteiger partial charge in [0.1, 0.15) is 12.1 Å². The molecule has 0 N–H and O–H groups in total. The van der Waals surface area contributed by atoms with Crippen molar-refractivity contribution >= 4 is 24.2 Å². The fourth-order valence-corrected chi connectivity index (χ4v) is 2.83. The normalized spacial score (nSPS) is 12.1. The van der Waals surface area contributed by atoms with E-state index >= 15 is 0 Å². The zero-order chi connectivity index (χ0) is 15.1. The minimum absolute atomic E-state index is 0.0140. The Labute approximate surface area is 125 Å². The van der Waals surface area contributed by atoms with Gasteiger partial charge in [-0.05, 0) is 6.07 Å². The molecule has 3 rings (SSSR count). The Morgan fingerprint density at radius 3 is 2.10 bits per heavy atom. The molecule has 1 aliphatic rings. The van der Waals surface area contributed by atoms with Gasteiger partial charge >= 0.3 is 0 Å². The van der Waals surface area contributed by atoms with Crippen molar-refractivity contribution in [3.05, 3.63) is 63.7 Å². The van der Waals surface area contributed by atoms with Gasteiger partial charge in [0.15, 0.2) is 11.6 Å². The van der Waals surface area contributed by atoms with Crippen LogP contribution in [0.5, 0.6) is 0 Å². The van der Waals surface area contributed by atoms with Crippen molar-refractivity contribution in [3.63, 3.8) is 0 Å². The lowest BCUT2D eigenvalue weighted by Crippen LogP contribution is -2.22. The summed E-state index contributed by atoms with van der Waals surface area (Å²) in [6, 6.07) is 11.5. The second-order valence-corrected chi connectivity index (χ2v) is 4.94. The average molecular weight is 290 g/mol. The molecule has 21 heavy (non-hydrogen) atoms. The monoisotopic (exact) mass is 290 g/mol. The van der Waals surface area contributed by atoms with Gasteiger partial charge in [0.2, 0.25) is 0 Å². The van der Waals surface area contributed by atoms with Crippen LogP contribution in [0.4, 0.5) is 0 Å². The van der Waals surface area contributed by atoms with Crippen LogP contribution in [-0.4, -0.2) is 11.6 Å². The van der Waals surface area contributed by atoms with Crippen LogP contribution in [0.15, 0.2) is 35.2 Å². The highest BCUT2D eigenvalue weighted by atomic mass is 32.1. The Morgan fingerprint density at radius 2 is 1.52 bits per heavy atom. The lowest BCUT2D eigenvalue weighted by Gasteiger charge is -2.19. The Morgan fingerprint density at radius 1 is 0.905 bits per heavy atom. The van der Waals surface area contributed by atoms with Gasteiger partial charge in [-0.2, -0.15) is 10.5 Å². The molecule has 0 spiro atoms. The molecule has 0 unspecified atom stereocenters. The molecule has 0 bridgehead atoms. The lowest BCUT2D eigenvalue weighted by atomic mass is 9.82. The summed E-state index contributed by atoms with van der Waals surface area (Å²) in [5.74, 6) is -0.692. The van der Waals surface area contributed by atoms with E-state index in [1.165, 1.54) is 6.07 Å². The number of benzene rings is 2. The standard InChI is InChI=1S/C16H6N2O2S/c17-6-8-5-11-13(16(21)12(8)7-18)15(20)10-4-2-1-3-9(10)14(11)19/h1-5,21H. The molecule has 5 heteroatoms. The van der Waals surface area contributed by atoms with E-state index in [1.807, 2.05) is 12.1 Å². The predicted octanol–water partition coefficient (Wildman–Crippen LogP) is 2.49. The van der Waals surface area contributed by atoms with Crippen LogP contribution in [0.1, 0.15) is 43.0 Å². The number of carbonyl (C=O) groups is 2. The first-order chi connectivity index (χ1) is 10.1. The van der Waals surface area contributed by atoms with Crippen molar-refractivity contribution < 1.29 is 9.59 Å². The summed E-state index contributed by atoms with van der Waals surface area (Å²) < 4.78 is 0. The van der Waals surface area contributed by atoms with Crippen LogP contribution >= 0.6 is 12.6 Å². The van der Waals surface area contributed by atoms with Gasteiger partial charge in [0, 0.05) is 27.1 Å². The minimum atomic E-state index is -0.355. The van der Waals surface area contributed by atoms with E-state index in [2.05, 4.69) is 12.6 Å². The average Bonchev–Trinajstić information content (AvgIpc) is 2.51. The SMILES string of the molecule is N#Cc1cc2c(c(S)c1C#N)C(=O)c1ccccc1C2=O. The Kier molecular flexibility index (Phi) is 2.86. The Hall–Kier alpha value is -2.89. The summed E-state index contributed by atoms with van der Waals surface area (Å²) in [6.07, 6.45) is 0. The molecule has 2 aromatic rings. The van der Waals surface area contributed by atoms with E-state index in [1.54, 1.807) is 24.3 Å². The van der Waals surface area contributed by atoms with Gasteiger partial charge in [-0.1, -0.05) is 24.3 Å². The number of rotatable bonds is 0. The van der Waals surface area contributed by atoms with Crippen LogP contribution in [-0.2, 0) is 0 Å². The maximum absolute atomic E-state index is 12.5. The number of nitrogens with zero attached hydrogens (tertiary/aromatic N) is 2. The molecule has 0 radical (unpaired) electrons. The largest absolute Gasteiger partial charge is 0.289 e. The molecule has 0 atom stereocenters. The van der Waals surface area contributed by atoms with Crippen LogP contribution in [0, 0.1) is 22.7 Å². The van der Waals surface area contributed by atoms with Crippen molar-refractivity contribution in [2.24, 2.45) is 0 Å². The Balaban J connectivity index is 2.42. The number of ketones is 2. The molecular formula is C16H6N2O2S. The molecule has 2 aromatic carbocycles. The smallest absolute Gasteiger partial charge is 0.195 e. The highest BCUT2D eigenvalue weighted by molar-refractivity contribution is 7.80. The first-order valence-electron chi connectivity index (χ1n) is 5.98. The fraction of sp³-hybridized carbons (Fsp3) is 0. The third-order valence-electron chi connectivity index (χ3n) is 3.42. The lowest BCUT2D eigenvalue weighted by molar-refractivity contribution is 0.0977. The van der Waals surface area contributed by atoms with Crippen molar-refractivity contribution in [2.75, 3.05) is 0 Å². The quantitative estimate of drug-likeness (QED) is 0.645. The molecule has 1 aliphatic carbocycles. The predicted molar refractivity (Wildman–Crippen MR) is 76.4 cm³/mol. The van der Waals surface area contributed by atoms with Crippen LogP contribution < -0.4 is 0 Å². The van der Waals surface area contributed by atoms with Crippen molar-refractivity contribution in [1.29, 1.82) is 10.5 Å². The zero-order valence-corrected chi connectivity index (χ0v) is 11.4. The van der Waals surface area contributed by atoms with Gasteiger partial charge < -0.3 is 0 Å². The molecule has 0 saturated heterocycles. The van der Waals surface area contributed by atoms with E-state index in [9.17, 15) is 9.59 Å². The Bertz CT molecular complexity index is 917. The van der Waals surface area contributed by atoms with Crippen molar-refractivity contribution in [3.8, 4) is 12.1 Å². The maximum Gasteiger partial charge on any atom is 0.195 e. The molecule has 0 fully saturated rings. The third kappa shape index (κ3) is 1.69. The molecule has 98 valence electrons. The molecule has 0 aromatic heterocycles. The zero-order valence-electron chi connectivity index (χ0n) is 10.5. The molecular weight excluding hydrogens is 284 g/mol. The summed E-state index contributed by atoms with van der Waals surface area (Å²) in [7, 11) is 0. The summed E-state index contributed by atoms with van der Waals surface area (Å²) in [6.45, 7) is 0. The van der Waals surface area contributed by atoms with Gasteiger partial charge in [-0.15, -0.1) is 12.6 Å². The summed E-state index contributed by atoms with van der Waals surface area (Å²) in [5, 5.41) is 18.2. The van der Waals surface area contributed by atoms with E-state index in [0.29, 0.717) is 11.1 Å². The maximum atomic E-state index is 12.5. The highest BCUT2D eigenvalue weighted by Crippen LogP contribution is 2.34. The summed E-state index contributed by atoms with van der Waals surface area (Å²) >= 11 is 4.20. The van der Waals surface area contributed by atoms with E-state index < -0.39 is 0 Å². The van der Waals surface area contributed by atoms with E-state index in [0.717, 1.165) is 0 Å². The third-order valence-corrected chi connectivity index (χ3v) is 3.87. The summed E-state index contributed by atoms with van der Waals surface area (Å²) in [5.41, 5.74) is 0.869. The highest BCUT2D eigenvalue weighted by Gasteiger charge is 2.33. The number of fused-ring (bicyclic) bond motifs is 2. The summed E-state index contributed by atoms with van der Waals surface area (Å²) in [4.78, 5) is 25.1. The molecule has 0 amide bonds. The molecule has 0 heterocycles. The van der Waals surface area contributed by atoms with Crippen LogP contribution in [0.25, 0.3) is 0 Å². The van der Waals surface area contributed by atoms with Crippen molar-refractivity contribution in [2.45, 2.75) is 4.90 Å². The van der Waals surface area contributed by atoms with Crippen LogP contribution in [0.3, 0.4) is 0 Å². The first kappa shape index (κ1) is 13.1. The first-order valence-corrected chi connectivity index (χ1v) is 6.43. The number of nitriles is 2. The number of carbonyl (C=O) groups excluding carboxylic acids is 2. The van der Waals surface area contributed by atoms with Gasteiger partial charge in [-0.25, -0.2) is 0 Å². The van der Waals surface area contributed by atoms with Gasteiger partial charge in [0.25, 0.3) is 0 Å². The van der Waals surface area contributed by atoms with Gasteiger partial charge in [-0.3, -0.25) is 9.59 Å². The van der Waals surface area contributed by atoms with Crippen molar-refractivity contribution in [1.82, 2.24) is 0 Å².